The number of nitrogens with one attached hydrogen (secondary N) is 1. The molecule has 1 aromatic carbocycles. The molecule has 0 unspecified atom stereocenters. The number of nitrogens with zero attached hydrogens (tertiary/aromatic N) is 1. The summed E-state index contributed by atoms with van der Waals surface area (Å²) in [5, 5.41) is 13.9. The summed E-state index contributed by atoms with van der Waals surface area (Å²) >= 11 is 0. The van der Waals surface area contributed by atoms with Crippen LogP contribution in [0.1, 0.15) is 16.8 Å². The van der Waals surface area contributed by atoms with Crippen LogP contribution in [0.25, 0.3) is 10.9 Å². The van der Waals surface area contributed by atoms with Gasteiger partial charge in [-0.2, -0.15) is 0 Å². The van der Waals surface area contributed by atoms with E-state index in [1.165, 1.54) is 5.56 Å². The average molecular weight is 214 g/mol. The van der Waals surface area contributed by atoms with Gasteiger partial charge in [-0.15, -0.1) is 0 Å². The fraction of sp³-hybridized carbons (Fsp3) is 0.308. The van der Waals surface area contributed by atoms with Gasteiger partial charge in [-0.3, -0.25) is 4.98 Å². The Morgan fingerprint density at radius 3 is 3.06 bits per heavy atom. The van der Waals surface area contributed by atoms with Crippen LogP contribution < -0.4 is 5.32 Å². The van der Waals surface area contributed by atoms with Crippen molar-refractivity contribution in [3.05, 3.63) is 41.1 Å². The number of benzene rings is 1. The van der Waals surface area contributed by atoms with Crippen molar-refractivity contribution in [1.82, 2.24) is 10.3 Å². The van der Waals surface area contributed by atoms with Crippen LogP contribution in [-0.4, -0.2) is 16.6 Å². The maximum absolute atomic E-state index is 9.54. The summed E-state index contributed by atoms with van der Waals surface area (Å²) in [7, 11) is 0. The Labute approximate surface area is 94.1 Å². The monoisotopic (exact) mass is 214 g/mol. The molecule has 0 radical (unpaired) electrons. The molecule has 2 aromatic rings. The summed E-state index contributed by atoms with van der Waals surface area (Å²) in [4.78, 5) is 4.67. The lowest BCUT2D eigenvalue weighted by Gasteiger charge is -2.20. The molecule has 0 atom stereocenters. The highest BCUT2D eigenvalue weighted by molar-refractivity contribution is 5.83. The molecule has 2 heterocycles. The maximum atomic E-state index is 9.54. The van der Waals surface area contributed by atoms with Crippen LogP contribution in [0, 0.1) is 0 Å². The van der Waals surface area contributed by atoms with Crippen molar-refractivity contribution in [3.63, 3.8) is 0 Å². The van der Waals surface area contributed by atoms with E-state index in [1.54, 1.807) is 0 Å². The minimum atomic E-state index is 0.0903. The first kappa shape index (κ1) is 9.75. The number of aromatic nitrogens is 1. The molecule has 0 saturated carbocycles. The Hall–Kier alpha value is -1.45. The largest absolute Gasteiger partial charge is 0.392 e. The van der Waals surface area contributed by atoms with E-state index >= 15 is 0 Å². The zero-order valence-electron chi connectivity index (χ0n) is 9.03. The van der Waals surface area contributed by atoms with E-state index in [4.69, 9.17) is 0 Å². The van der Waals surface area contributed by atoms with Crippen molar-refractivity contribution in [3.8, 4) is 0 Å². The highest BCUT2D eigenvalue weighted by Crippen LogP contribution is 2.25. The van der Waals surface area contributed by atoms with Crippen molar-refractivity contribution in [2.75, 3.05) is 6.54 Å². The number of hydrogen-bond donors (Lipinski definition) is 2. The second kappa shape index (κ2) is 3.85. The summed E-state index contributed by atoms with van der Waals surface area (Å²) in [6.45, 7) is 1.89. The van der Waals surface area contributed by atoms with E-state index < -0.39 is 0 Å². The van der Waals surface area contributed by atoms with Gasteiger partial charge in [0.2, 0.25) is 0 Å². The molecule has 0 fully saturated rings. The number of rotatable bonds is 1. The van der Waals surface area contributed by atoms with Crippen molar-refractivity contribution in [2.45, 2.75) is 19.6 Å². The highest BCUT2D eigenvalue weighted by Gasteiger charge is 2.16. The van der Waals surface area contributed by atoms with E-state index in [1.807, 2.05) is 24.3 Å². The smallest absolute Gasteiger partial charge is 0.0709 e. The Bertz CT molecular complexity index is 537. The van der Waals surface area contributed by atoms with Gasteiger partial charge in [-0.25, -0.2) is 0 Å². The molecule has 0 aliphatic carbocycles. The third-order valence-corrected chi connectivity index (χ3v) is 3.20. The zero-order valence-corrected chi connectivity index (χ0v) is 9.03. The van der Waals surface area contributed by atoms with E-state index in [-0.39, 0.29) is 6.61 Å². The Kier molecular flexibility index (Phi) is 2.35. The molecule has 16 heavy (non-hydrogen) atoms. The van der Waals surface area contributed by atoms with E-state index in [9.17, 15) is 5.11 Å². The van der Waals surface area contributed by atoms with E-state index in [0.29, 0.717) is 0 Å². The number of aliphatic hydroxyl groups excluding tert-OH is 1. The predicted molar refractivity (Wildman–Crippen MR) is 63.1 cm³/mol. The molecular weight excluding hydrogens is 200 g/mol. The standard InChI is InChI=1S/C13H14N2O/c16-8-11-9-3-1-2-4-12(9)15-13-5-6-14-7-10(11)13/h1-4,14,16H,5-8H2. The Balaban J connectivity index is 2.35. The molecule has 0 saturated heterocycles. The summed E-state index contributed by atoms with van der Waals surface area (Å²) < 4.78 is 0. The van der Waals surface area contributed by atoms with Crippen molar-refractivity contribution in [2.24, 2.45) is 0 Å². The SMILES string of the molecule is OCc1c2c(nc3ccccc13)CCNC2. The molecule has 2 N–H and O–H groups in total. The normalized spacial score (nSPS) is 15.1. The summed E-state index contributed by atoms with van der Waals surface area (Å²) in [5.74, 6) is 0. The van der Waals surface area contributed by atoms with Gasteiger partial charge in [-0.1, -0.05) is 18.2 Å². The number of pyridine rings is 1. The van der Waals surface area contributed by atoms with Gasteiger partial charge in [0.1, 0.15) is 0 Å². The van der Waals surface area contributed by atoms with Crippen LogP contribution in [0.3, 0.4) is 0 Å². The van der Waals surface area contributed by atoms with Gasteiger partial charge < -0.3 is 10.4 Å². The summed E-state index contributed by atoms with van der Waals surface area (Å²) in [6, 6.07) is 8.02. The first-order chi connectivity index (χ1) is 7.90. The van der Waals surface area contributed by atoms with Gasteiger partial charge in [0.15, 0.2) is 0 Å². The van der Waals surface area contributed by atoms with Gasteiger partial charge >= 0.3 is 0 Å². The van der Waals surface area contributed by atoms with Crippen LogP contribution in [-0.2, 0) is 19.6 Å². The fourth-order valence-corrected chi connectivity index (χ4v) is 2.39. The number of hydrogen-bond acceptors (Lipinski definition) is 3. The van der Waals surface area contributed by atoms with E-state index in [2.05, 4.69) is 10.3 Å². The van der Waals surface area contributed by atoms with Crippen molar-refractivity contribution >= 4 is 10.9 Å². The van der Waals surface area contributed by atoms with Crippen molar-refractivity contribution < 1.29 is 5.11 Å². The Morgan fingerprint density at radius 1 is 1.31 bits per heavy atom. The minimum Gasteiger partial charge on any atom is -0.392 e. The lowest BCUT2D eigenvalue weighted by Crippen LogP contribution is -2.26. The predicted octanol–water partition coefficient (Wildman–Crippen LogP) is 1.37. The van der Waals surface area contributed by atoms with Gasteiger partial charge in [0, 0.05) is 30.6 Å². The lowest BCUT2D eigenvalue weighted by atomic mass is 9.97. The van der Waals surface area contributed by atoms with Gasteiger partial charge in [-0.05, 0) is 17.2 Å². The molecule has 1 aliphatic heterocycles. The van der Waals surface area contributed by atoms with Crippen LogP contribution in [0.5, 0.6) is 0 Å². The highest BCUT2D eigenvalue weighted by atomic mass is 16.3. The zero-order chi connectivity index (χ0) is 11.0. The first-order valence-corrected chi connectivity index (χ1v) is 5.61. The lowest BCUT2D eigenvalue weighted by molar-refractivity contribution is 0.281. The number of para-hydroxylation sites is 1. The maximum Gasteiger partial charge on any atom is 0.0709 e. The fourth-order valence-electron chi connectivity index (χ4n) is 2.39. The third kappa shape index (κ3) is 1.40. The molecule has 0 bridgehead atoms. The van der Waals surface area contributed by atoms with Crippen LogP contribution in [0.15, 0.2) is 24.3 Å². The number of aliphatic hydroxyl groups is 1. The third-order valence-electron chi connectivity index (χ3n) is 3.20. The number of fused-ring (bicyclic) bond motifs is 2. The molecule has 1 aliphatic rings. The minimum absolute atomic E-state index is 0.0903. The van der Waals surface area contributed by atoms with Crippen LogP contribution in [0.2, 0.25) is 0 Å². The van der Waals surface area contributed by atoms with Gasteiger partial charge in [0.05, 0.1) is 12.1 Å². The molecule has 0 amide bonds. The second-order valence-corrected chi connectivity index (χ2v) is 4.12. The average Bonchev–Trinajstić information content (AvgIpc) is 2.36. The van der Waals surface area contributed by atoms with Crippen molar-refractivity contribution in [1.29, 1.82) is 0 Å². The quantitative estimate of drug-likeness (QED) is 0.753. The summed E-state index contributed by atoms with van der Waals surface area (Å²) in [6.07, 6.45) is 0.952. The Morgan fingerprint density at radius 2 is 2.19 bits per heavy atom. The first-order valence-electron chi connectivity index (χ1n) is 5.61. The topological polar surface area (TPSA) is 45.2 Å². The van der Waals surface area contributed by atoms with E-state index in [0.717, 1.165) is 41.7 Å². The van der Waals surface area contributed by atoms with Crippen LogP contribution >= 0.6 is 0 Å². The molecule has 3 nitrogen and oxygen atoms in total. The molecule has 82 valence electrons. The van der Waals surface area contributed by atoms with Crippen LogP contribution in [0.4, 0.5) is 0 Å². The molecular formula is C13H14N2O. The molecule has 1 aromatic heterocycles. The molecule has 3 rings (SSSR count). The molecule has 3 heteroatoms. The summed E-state index contributed by atoms with van der Waals surface area (Å²) in [5.41, 5.74) is 4.36. The second-order valence-electron chi connectivity index (χ2n) is 4.12. The molecule has 0 spiro atoms. The van der Waals surface area contributed by atoms with Gasteiger partial charge in [0.25, 0.3) is 0 Å².